The lowest BCUT2D eigenvalue weighted by Crippen LogP contribution is -2.47. The van der Waals surface area contributed by atoms with E-state index in [1.165, 1.54) is 4.90 Å². The smallest absolute Gasteiger partial charge is 0.282 e. The molecule has 168 valence electrons. The molecule has 4 rings (SSSR count). The van der Waals surface area contributed by atoms with Gasteiger partial charge in [0.05, 0.1) is 17.9 Å². The van der Waals surface area contributed by atoms with Crippen LogP contribution in [-0.4, -0.2) is 60.9 Å². The van der Waals surface area contributed by atoms with E-state index in [4.69, 9.17) is 4.74 Å². The van der Waals surface area contributed by atoms with Gasteiger partial charge in [-0.3, -0.25) is 9.59 Å². The maximum atomic E-state index is 13.6. The van der Waals surface area contributed by atoms with Crippen LogP contribution in [0, 0.1) is 6.92 Å². The number of imide groups is 1. The molecule has 2 amide bonds. The highest BCUT2D eigenvalue weighted by Gasteiger charge is 2.43. The minimum Gasteiger partial charge on any atom is -0.494 e. The molecule has 1 fully saturated rings. The number of piperazine rings is 1. The van der Waals surface area contributed by atoms with Gasteiger partial charge in [-0.05, 0) is 49.7 Å². The number of hydrogen-bond donors (Lipinski definition) is 0. The van der Waals surface area contributed by atoms with Crippen LogP contribution in [0.4, 0.5) is 5.69 Å². The van der Waals surface area contributed by atoms with Gasteiger partial charge >= 0.3 is 0 Å². The van der Waals surface area contributed by atoms with Crippen molar-refractivity contribution in [2.24, 2.45) is 0 Å². The molecule has 6 heteroatoms. The molecule has 0 unspecified atom stereocenters. The average molecular weight is 434 g/mol. The highest BCUT2D eigenvalue weighted by Crippen LogP contribution is 2.35. The maximum absolute atomic E-state index is 13.6. The molecular formula is C26H31N3O3. The first kappa shape index (κ1) is 22.1. The quantitative estimate of drug-likeness (QED) is 0.623. The summed E-state index contributed by atoms with van der Waals surface area (Å²) in [6.45, 7) is 11.0. The molecule has 2 heterocycles. The fourth-order valence-electron chi connectivity index (χ4n) is 4.23. The second-order valence-electron chi connectivity index (χ2n) is 8.30. The summed E-state index contributed by atoms with van der Waals surface area (Å²) in [7, 11) is 0. The van der Waals surface area contributed by atoms with Crippen LogP contribution in [0.1, 0.15) is 31.4 Å². The first-order chi connectivity index (χ1) is 15.5. The number of ether oxygens (including phenoxy) is 1. The number of carbonyl (C=O) groups excluding carboxylic acids is 2. The van der Waals surface area contributed by atoms with Crippen molar-refractivity contribution in [3.05, 3.63) is 65.4 Å². The lowest BCUT2D eigenvalue weighted by molar-refractivity contribution is -0.120. The van der Waals surface area contributed by atoms with E-state index in [1.807, 2.05) is 55.5 Å². The van der Waals surface area contributed by atoms with Crippen LogP contribution in [0.3, 0.4) is 0 Å². The van der Waals surface area contributed by atoms with Gasteiger partial charge in [0.15, 0.2) is 0 Å². The molecule has 1 saturated heterocycles. The molecule has 2 aliphatic heterocycles. The number of hydrogen-bond acceptors (Lipinski definition) is 5. The van der Waals surface area contributed by atoms with E-state index in [9.17, 15) is 9.59 Å². The molecule has 0 aromatic heterocycles. The molecule has 6 nitrogen and oxygen atoms in total. The Bertz CT molecular complexity index is 1000. The van der Waals surface area contributed by atoms with E-state index >= 15 is 0 Å². The summed E-state index contributed by atoms with van der Waals surface area (Å²) in [5.41, 5.74) is 3.42. The van der Waals surface area contributed by atoms with Gasteiger partial charge in [-0.1, -0.05) is 43.7 Å². The molecule has 0 aliphatic carbocycles. The van der Waals surface area contributed by atoms with Crippen LogP contribution in [-0.2, 0) is 9.59 Å². The van der Waals surface area contributed by atoms with Crippen LogP contribution in [0.15, 0.2) is 54.2 Å². The number of likely N-dealkylation sites (N-methyl/N-ethyl adjacent to an activating group) is 1. The van der Waals surface area contributed by atoms with Gasteiger partial charge in [-0.15, -0.1) is 0 Å². The topological polar surface area (TPSA) is 53.1 Å². The summed E-state index contributed by atoms with van der Waals surface area (Å²) in [6.07, 6.45) is 0.930. The van der Waals surface area contributed by atoms with Crippen molar-refractivity contribution in [2.75, 3.05) is 44.2 Å². The third kappa shape index (κ3) is 4.28. The summed E-state index contributed by atoms with van der Waals surface area (Å²) in [4.78, 5) is 33.0. The Morgan fingerprint density at radius 3 is 2.09 bits per heavy atom. The predicted octanol–water partition coefficient (Wildman–Crippen LogP) is 3.71. The molecule has 32 heavy (non-hydrogen) atoms. The molecule has 0 saturated carbocycles. The van der Waals surface area contributed by atoms with E-state index in [1.54, 1.807) is 0 Å². The highest BCUT2D eigenvalue weighted by atomic mass is 16.5. The molecule has 0 radical (unpaired) electrons. The second-order valence-corrected chi connectivity index (χ2v) is 8.30. The van der Waals surface area contributed by atoms with Crippen molar-refractivity contribution in [3.63, 3.8) is 0 Å². The standard InChI is InChI=1S/C26H31N3O3/c1-4-18-32-22-12-8-20(9-13-22)23-24(28-16-14-27(5-2)15-17-28)26(31)29(25(23)30)21-10-6-19(3)7-11-21/h6-13H,4-5,14-18H2,1-3H3. The van der Waals surface area contributed by atoms with Crippen LogP contribution < -0.4 is 9.64 Å². The number of benzene rings is 2. The average Bonchev–Trinajstić information content (AvgIpc) is 3.08. The molecular weight excluding hydrogens is 402 g/mol. The molecule has 2 aliphatic rings. The maximum Gasteiger partial charge on any atom is 0.282 e. The van der Waals surface area contributed by atoms with Crippen molar-refractivity contribution < 1.29 is 14.3 Å². The van der Waals surface area contributed by atoms with Gasteiger partial charge in [0.25, 0.3) is 11.8 Å². The van der Waals surface area contributed by atoms with Gasteiger partial charge in [-0.25, -0.2) is 4.90 Å². The van der Waals surface area contributed by atoms with Gasteiger partial charge in [0, 0.05) is 26.2 Å². The fourth-order valence-corrected chi connectivity index (χ4v) is 4.23. The van der Waals surface area contributed by atoms with E-state index in [0.717, 1.165) is 56.0 Å². The number of carbonyl (C=O) groups is 2. The first-order valence-corrected chi connectivity index (χ1v) is 11.4. The van der Waals surface area contributed by atoms with Crippen LogP contribution in [0.25, 0.3) is 5.57 Å². The summed E-state index contributed by atoms with van der Waals surface area (Å²) >= 11 is 0. The minimum absolute atomic E-state index is 0.245. The summed E-state index contributed by atoms with van der Waals surface area (Å²) in [5.74, 6) is 0.251. The van der Waals surface area contributed by atoms with E-state index in [0.29, 0.717) is 23.6 Å². The van der Waals surface area contributed by atoms with Gasteiger partial charge in [-0.2, -0.15) is 0 Å². The van der Waals surface area contributed by atoms with Crippen molar-refractivity contribution >= 4 is 23.1 Å². The summed E-state index contributed by atoms with van der Waals surface area (Å²) in [5, 5.41) is 0. The van der Waals surface area contributed by atoms with E-state index in [-0.39, 0.29) is 11.8 Å². The molecule has 0 N–H and O–H groups in total. The molecule has 0 spiro atoms. The molecule has 0 atom stereocenters. The lowest BCUT2D eigenvalue weighted by atomic mass is 10.0. The normalized spacial score (nSPS) is 17.5. The zero-order valence-electron chi connectivity index (χ0n) is 19.1. The molecule has 0 bridgehead atoms. The lowest BCUT2D eigenvalue weighted by Gasteiger charge is -2.36. The molecule has 2 aromatic rings. The zero-order chi connectivity index (χ0) is 22.7. The predicted molar refractivity (Wildman–Crippen MR) is 127 cm³/mol. The fraction of sp³-hybridized carbons (Fsp3) is 0.385. The minimum atomic E-state index is -0.269. The SMILES string of the molecule is CCCOc1ccc(C2=C(N3CCN(CC)CC3)C(=O)N(c3ccc(C)cc3)C2=O)cc1. The summed E-state index contributed by atoms with van der Waals surface area (Å²) in [6, 6.07) is 15.0. The Labute approximate surface area is 190 Å². The van der Waals surface area contributed by atoms with Crippen molar-refractivity contribution in [1.82, 2.24) is 9.80 Å². The van der Waals surface area contributed by atoms with Crippen LogP contribution >= 0.6 is 0 Å². The Kier molecular flexibility index (Phi) is 6.61. The first-order valence-electron chi connectivity index (χ1n) is 11.4. The number of aryl methyl sites for hydroxylation is 1. The number of rotatable bonds is 7. The van der Waals surface area contributed by atoms with E-state index in [2.05, 4.69) is 23.6 Å². The Morgan fingerprint density at radius 2 is 1.50 bits per heavy atom. The van der Waals surface area contributed by atoms with Gasteiger partial charge in [0.1, 0.15) is 11.4 Å². The number of amides is 2. The van der Waals surface area contributed by atoms with Gasteiger partial charge < -0.3 is 14.5 Å². The number of nitrogens with zero attached hydrogens (tertiary/aromatic N) is 3. The summed E-state index contributed by atoms with van der Waals surface area (Å²) < 4.78 is 5.70. The zero-order valence-corrected chi connectivity index (χ0v) is 19.1. The third-order valence-corrected chi connectivity index (χ3v) is 6.10. The second kappa shape index (κ2) is 9.57. The Balaban J connectivity index is 1.71. The van der Waals surface area contributed by atoms with Crippen molar-refractivity contribution in [3.8, 4) is 5.75 Å². The Morgan fingerprint density at radius 1 is 0.844 bits per heavy atom. The van der Waals surface area contributed by atoms with Crippen LogP contribution in [0.2, 0.25) is 0 Å². The number of anilines is 1. The largest absolute Gasteiger partial charge is 0.494 e. The molecule has 2 aromatic carbocycles. The van der Waals surface area contributed by atoms with E-state index < -0.39 is 0 Å². The van der Waals surface area contributed by atoms with Crippen LogP contribution in [0.5, 0.6) is 5.75 Å². The monoisotopic (exact) mass is 433 g/mol. The van der Waals surface area contributed by atoms with Gasteiger partial charge in [0.2, 0.25) is 0 Å². The highest BCUT2D eigenvalue weighted by molar-refractivity contribution is 6.45. The Hall–Kier alpha value is -3.12. The van der Waals surface area contributed by atoms with Crippen molar-refractivity contribution in [2.45, 2.75) is 27.2 Å². The van der Waals surface area contributed by atoms with Crippen molar-refractivity contribution in [1.29, 1.82) is 0 Å². The third-order valence-electron chi connectivity index (χ3n) is 6.10.